The summed E-state index contributed by atoms with van der Waals surface area (Å²) in [5.41, 5.74) is 0. The van der Waals surface area contributed by atoms with Gasteiger partial charge in [0, 0.05) is 0 Å². The fraction of sp³-hybridized carbons (Fsp3) is 1.00. The SMILES string of the molecule is O=S1(=O)[N-]S(=O)(=O)OC2CCCCC2C2CCCCC2O1. The molecule has 2 aliphatic carbocycles. The maximum absolute atomic E-state index is 11.8. The van der Waals surface area contributed by atoms with Gasteiger partial charge in [0.2, 0.25) is 20.6 Å². The third-order valence-electron chi connectivity index (χ3n) is 4.73. The molecular formula is C12H20NO6S2-. The molecule has 1 saturated heterocycles. The lowest BCUT2D eigenvalue weighted by Crippen LogP contribution is -2.41. The molecule has 0 aromatic rings. The van der Waals surface area contributed by atoms with Crippen LogP contribution in [0.25, 0.3) is 4.13 Å². The molecule has 9 heteroatoms. The molecule has 0 aromatic carbocycles. The maximum atomic E-state index is 11.8. The second-order valence-electron chi connectivity index (χ2n) is 6.10. The van der Waals surface area contributed by atoms with Gasteiger partial charge in [0.1, 0.15) is 0 Å². The molecule has 1 heterocycles. The number of hydrogen-bond donors (Lipinski definition) is 0. The van der Waals surface area contributed by atoms with E-state index in [9.17, 15) is 16.8 Å². The first kappa shape index (κ1) is 15.7. The summed E-state index contributed by atoms with van der Waals surface area (Å²) in [6, 6.07) is 0. The molecule has 0 bridgehead atoms. The van der Waals surface area contributed by atoms with Crippen molar-refractivity contribution in [3.63, 3.8) is 0 Å². The molecule has 21 heavy (non-hydrogen) atoms. The smallest absolute Gasteiger partial charge is 0.203 e. The molecule has 0 spiro atoms. The average molecular weight is 338 g/mol. The van der Waals surface area contributed by atoms with E-state index in [4.69, 9.17) is 8.37 Å². The zero-order valence-electron chi connectivity index (χ0n) is 11.7. The third-order valence-corrected chi connectivity index (χ3v) is 7.17. The summed E-state index contributed by atoms with van der Waals surface area (Å²) in [4.78, 5) is 0. The van der Waals surface area contributed by atoms with Crippen LogP contribution in [0.4, 0.5) is 0 Å². The molecule has 3 rings (SSSR count). The molecule has 0 amide bonds. The second-order valence-corrected chi connectivity index (χ2v) is 8.79. The van der Waals surface area contributed by atoms with Crippen LogP contribution in [-0.2, 0) is 29.0 Å². The first-order chi connectivity index (χ1) is 9.86. The van der Waals surface area contributed by atoms with E-state index < -0.39 is 32.8 Å². The van der Waals surface area contributed by atoms with Gasteiger partial charge < -0.3 is 4.13 Å². The zero-order chi connectivity index (χ0) is 15.1. The van der Waals surface area contributed by atoms with Crippen LogP contribution in [0.5, 0.6) is 0 Å². The monoisotopic (exact) mass is 338 g/mol. The maximum Gasteiger partial charge on any atom is 0.203 e. The molecule has 4 unspecified atom stereocenters. The van der Waals surface area contributed by atoms with Gasteiger partial charge in [0.25, 0.3) is 0 Å². The lowest BCUT2D eigenvalue weighted by Gasteiger charge is -2.41. The minimum atomic E-state index is -4.47. The van der Waals surface area contributed by atoms with Crippen LogP contribution >= 0.6 is 0 Å². The van der Waals surface area contributed by atoms with Gasteiger partial charge in [-0.15, -0.1) is 0 Å². The molecule has 1 aliphatic heterocycles. The number of rotatable bonds is 0. The van der Waals surface area contributed by atoms with Crippen molar-refractivity contribution >= 4 is 20.6 Å². The summed E-state index contributed by atoms with van der Waals surface area (Å²) >= 11 is 0. The highest BCUT2D eigenvalue weighted by atomic mass is 32.3. The van der Waals surface area contributed by atoms with Gasteiger partial charge >= 0.3 is 0 Å². The van der Waals surface area contributed by atoms with Gasteiger partial charge in [0.15, 0.2) is 0 Å². The van der Waals surface area contributed by atoms with Crippen molar-refractivity contribution in [3.05, 3.63) is 4.13 Å². The van der Waals surface area contributed by atoms with E-state index >= 15 is 0 Å². The van der Waals surface area contributed by atoms with E-state index in [-0.39, 0.29) is 11.8 Å². The van der Waals surface area contributed by atoms with Gasteiger partial charge in [-0.3, -0.25) is 8.37 Å². The highest BCUT2D eigenvalue weighted by Gasteiger charge is 2.41. The van der Waals surface area contributed by atoms with Crippen LogP contribution in [0.2, 0.25) is 0 Å². The van der Waals surface area contributed by atoms with Crippen LogP contribution in [0.3, 0.4) is 0 Å². The fourth-order valence-corrected chi connectivity index (χ4v) is 6.21. The molecule has 3 aliphatic rings. The van der Waals surface area contributed by atoms with Gasteiger partial charge in [-0.05, 0) is 37.5 Å². The highest BCUT2D eigenvalue weighted by Crippen LogP contribution is 2.43. The van der Waals surface area contributed by atoms with E-state index in [1.807, 2.05) is 0 Å². The molecule has 0 radical (unpaired) electrons. The van der Waals surface area contributed by atoms with E-state index in [1.165, 1.54) is 0 Å². The normalized spacial score (nSPS) is 42.7. The Hall–Kier alpha value is -0.220. The minimum absolute atomic E-state index is 0.0299. The fourth-order valence-electron chi connectivity index (χ4n) is 3.93. The molecule has 7 nitrogen and oxygen atoms in total. The van der Waals surface area contributed by atoms with Crippen LogP contribution in [0.15, 0.2) is 0 Å². The Morgan fingerprint density at radius 1 is 0.667 bits per heavy atom. The lowest BCUT2D eigenvalue weighted by atomic mass is 9.70. The Bertz CT molecular complexity index is 535. The van der Waals surface area contributed by atoms with Crippen LogP contribution < -0.4 is 0 Å². The van der Waals surface area contributed by atoms with Gasteiger partial charge in [0.05, 0.1) is 12.2 Å². The van der Waals surface area contributed by atoms with Crippen molar-refractivity contribution < 1.29 is 25.2 Å². The minimum Gasteiger partial charge on any atom is -0.387 e. The Balaban J connectivity index is 1.97. The molecule has 0 aromatic heterocycles. The van der Waals surface area contributed by atoms with Crippen LogP contribution in [0, 0.1) is 11.8 Å². The molecular weight excluding hydrogens is 318 g/mol. The van der Waals surface area contributed by atoms with Crippen molar-refractivity contribution in [2.75, 3.05) is 0 Å². The summed E-state index contributed by atoms with van der Waals surface area (Å²) in [5.74, 6) is 0.0599. The van der Waals surface area contributed by atoms with E-state index in [2.05, 4.69) is 4.13 Å². The lowest BCUT2D eigenvalue weighted by molar-refractivity contribution is -0.00419. The van der Waals surface area contributed by atoms with E-state index in [1.54, 1.807) is 0 Å². The Kier molecular flexibility index (Phi) is 4.30. The predicted octanol–water partition coefficient (Wildman–Crippen LogP) is 2.01. The summed E-state index contributed by atoms with van der Waals surface area (Å²) < 4.78 is 60.2. The summed E-state index contributed by atoms with van der Waals surface area (Å²) in [5, 5.41) is 0. The summed E-state index contributed by atoms with van der Waals surface area (Å²) in [6.45, 7) is 0. The topological polar surface area (TPSA) is 101 Å². The van der Waals surface area contributed by atoms with E-state index in [0.29, 0.717) is 12.8 Å². The van der Waals surface area contributed by atoms with Crippen LogP contribution in [-0.4, -0.2) is 29.0 Å². The summed E-state index contributed by atoms with van der Waals surface area (Å²) in [6.07, 6.45) is 5.81. The zero-order valence-corrected chi connectivity index (χ0v) is 13.3. The molecule has 0 N–H and O–H groups in total. The first-order valence-electron chi connectivity index (χ1n) is 7.47. The molecule has 3 fully saturated rings. The highest BCUT2D eigenvalue weighted by molar-refractivity contribution is 8.08. The van der Waals surface area contributed by atoms with Crippen molar-refractivity contribution in [1.29, 1.82) is 0 Å². The largest absolute Gasteiger partial charge is 0.387 e. The Labute approximate surface area is 125 Å². The number of hydrogen-bond acceptors (Lipinski definition) is 6. The molecule has 4 atom stereocenters. The standard InChI is InChI=1S/C12H20NO6S2/c14-20(15)13-21(16,17)19-12-8-4-2-6-10(12)9-5-1-3-7-11(9)18-20/h9-12H,1-8H2/q-1. The Morgan fingerprint density at radius 2 is 1.05 bits per heavy atom. The Morgan fingerprint density at radius 3 is 1.48 bits per heavy atom. The van der Waals surface area contributed by atoms with Crippen LogP contribution in [0.1, 0.15) is 51.4 Å². The van der Waals surface area contributed by atoms with Gasteiger partial charge in [-0.25, -0.2) is 16.8 Å². The summed E-state index contributed by atoms with van der Waals surface area (Å²) in [7, 11) is -8.95. The first-order valence-corrected chi connectivity index (χ1v) is 10.2. The second kappa shape index (κ2) is 5.77. The van der Waals surface area contributed by atoms with Crippen molar-refractivity contribution in [2.45, 2.75) is 63.6 Å². The number of nitrogens with zero attached hydrogens (tertiary/aromatic N) is 1. The number of fused-ring (bicyclic) bond motifs is 3. The van der Waals surface area contributed by atoms with Gasteiger partial charge in [-0.2, -0.15) is 0 Å². The van der Waals surface area contributed by atoms with Crippen molar-refractivity contribution in [2.24, 2.45) is 11.8 Å². The molecule has 2 saturated carbocycles. The van der Waals surface area contributed by atoms with Gasteiger partial charge in [-0.1, -0.05) is 25.7 Å². The van der Waals surface area contributed by atoms with Crippen molar-refractivity contribution in [3.8, 4) is 0 Å². The van der Waals surface area contributed by atoms with E-state index in [0.717, 1.165) is 38.5 Å². The quantitative estimate of drug-likeness (QED) is 0.669. The predicted molar refractivity (Wildman–Crippen MR) is 74.9 cm³/mol. The third kappa shape index (κ3) is 3.58. The van der Waals surface area contributed by atoms with Crippen molar-refractivity contribution in [1.82, 2.24) is 0 Å². The molecule has 122 valence electrons. The average Bonchev–Trinajstić information content (AvgIpc) is 2.40.